The second-order valence-electron chi connectivity index (χ2n) is 7.89. The predicted octanol–water partition coefficient (Wildman–Crippen LogP) is 4.77. The van der Waals surface area contributed by atoms with E-state index in [-0.39, 0.29) is 17.8 Å². The maximum atomic E-state index is 9.80. The summed E-state index contributed by atoms with van der Waals surface area (Å²) in [5.41, 5.74) is 6.25. The number of phenolic OH excluding ortho intramolecular Hbond substituents is 1. The van der Waals surface area contributed by atoms with E-state index in [0.29, 0.717) is 5.11 Å². The number of anilines is 1. The first-order valence-electron chi connectivity index (χ1n) is 10.4. The van der Waals surface area contributed by atoms with Crippen molar-refractivity contribution < 1.29 is 5.11 Å². The van der Waals surface area contributed by atoms with Gasteiger partial charge in [0.1, 0.15) is 5.75 Å². The summed E-state index contributed by atoms with van der Waals surface area (Å²) in [5.74, 6) is 0.222. The maximum Gasteiger partial charge on any atom is 0.174 e. The van der Waals surface area contributed by atoms with Crippen molar-refractivity contribution in [3.8, 4) is 11.4 Å². The molecular formula is C25H23N5OS. The minimum Gasteiger partial charge on any atom is -0.508 e. The fourth-order valence-corrected chi connectivity index (χ4v) is 4.88. The predicted molar refractivity (Wildman–Crippen MR) is 129 cm³/mol. The second-order valence-corrected chi connectivity index (χ2v) is 8.27. The number of aromatic nitrogens is 3. The first-order chi connectivity index (χ1) is 15.5. The first kappa shape index (κ1) is 20.2. The molecule has 2 N–H and O–H groups in total. The molecule has 3 aromatic heterocycles. The number of hydrogen-bond donors (Lipinski definition) is 2. The molecule has 5 rings (SSSR count). The lowest BCUT2D eigenvalue weighted by molar-refractivity contribution is 0.475. The molecule has 4 heterocycles. The Balaban J connectivity index is 1.68. The van der Waals surface area contributed by atoms with Crippen molar-refractivity contribution in [3.63, 3.8) is 0 Å². The molecule has 2 atom stereocenters. The fourth-order valence-electron chi connectivity index (χ4n) is 4.53. The molecule has 0 unspecified atom stereocenters. The van der Waals surface area contributed by atoms with Gasteiger partial charge in [-0.3, -0.25) is 9.97 Å². The van der Waals surface area contributed by atoms with Crippen LogP contribution in [0.5, 0.6) is 5.75 Å². The van der Waals surface area contributed by atoms with Crippen LogP contribution in [0.25, 0.3) is 5.69 Å². The van der Waals surface area contributed by atoms with Gasteiger partial charge in [0, 0.05) is 29.5 Å². The van der Waals surface area contributed by atoms with Crippen LogP contribution < -0.4 is 10.2 Å². The van der Waals surface area contributed by atoms with Crippen LogP contribution in [0.2, 0.25) is 0 Å². The van der Waals surface area contributed by atoms with Crippen molar-refractivity contribution in [2.75, 3.05) is 4.90 Å². The van der Waals surface area contributed by atoms with E-state index in [9.17, 15) is 5.11 Å². The van der Waals surface area contributed by atoms with Crippen LogP contribution in [-0.2, 0) is 0 Å². The van der Waals surface area contributed by atoms with Crippen LogP contribution in [0.15, 0.2) is 79.3 Å². The van der Waals surface area contributed by atoms with Crippen LogP contribution in [0.4, 0.5) is 5.69 Å². The molecule has 0 bridgehead atoms. The molecule has 0 spiro atoms. The molecule has 160 valence electrons. The van der Waals surface area contributed by atoms with E-state index < -0.39 is 0 Å². The van der Waals surface area contributed by atoms with Gasteiger partial charge in [-0.1, -0.05) is 6.07 Å². The van der Waals surface area contributed by atoms with Gasteiger partial charge < -0.3 is 19.9 Å². The Hall–Kier alpha value is -3.71. The highest BCUT2D eigenvalue weighted by Crippen LogP contribution is 2.43. The zero-order valence-electron chi connectivity index (χ0n) is 17.8. The Morgan fingerprint density at radius 1 is 0.969 bits per heavy atom. The number of rotatable bonds is 4. The van der Waals surface area contributed by atoms with Crippen molar-refractivity contribution in [3.05, 3.63) is 102 Å². The van der Waals surface area contributed by atoms with E-state index >= 15 is 0 Å². The van der Waals surface area contributed by atoms with E-state index in [1.165, 1.54) is 0 Å². The second kappa shape index (κ2) is 8.09. The zero-order chi connectivity index (χ0) is 22.2. The number of nitrogens with one attached hydrogen (secondary N) is 1. The number of aryl methyl sites for hydroxylation is 1. The molecular weight excluding hydrogens is 418 g/mol. The topological polar surface area (TPSA) is 66.2 Å². The van der Waals surface area contributed by atoms with Gasteiger partial charge in [-0.15, -0.1) is 0 Å². The average molecular weight is 442 g/mol. The van der Waals surface area contributed by atoms with Crippen LogP contribution in [0, 0.1) is 13.8 Å². The maximum absolute atomic E-state index is 9.80. The highest BCUT2D eigenvalue weighted by molar-refractivity contribution is 7.80. The number of aromatic hydroxyl groups is 1. The summed E-state index contributed by atoms with van der Waals surface area (Å²) in [6, 6.07) is 19.0. The molecule has 1 fully saturated rings. The summed E-state index contributed by atoms with van der Waals surface area (Å²) in [4.78, 5) is 11.0. The SMILES string of the molecule is Cc1cc([C@@H]2[C@@H](c3ccccn3)NC(=S)N2c2ccc(O)cc2)c(C)n1-c1cccnc1. The van der Waals surface area contributed by atoms with Gasteiger partial charge >= 0.3 is 0 Å². The quantitative estimate of drug-likeness (QED) is 0.445. The Morgan fingerprint density at radius 3 is 2.47 bits per heavy atom. The largest absolute Gasteiger partial charge is 0.508 e. The number of benzene rings is 1. The van der Waals surface area contributed by atoms with Gasteiger partial charge in [-0.2, -0.15) is 0 Å². The summed E-state index contributed by atoms with van der Waals surface area (Å²) in [6.45, 7) is 4.23. The summed E-state index contributed by atoms with van der Waals surface area (Å²) in [7, 11) is 0. The Morgan fingerprint density at radius 2 is 1.78 bits per heavy atom. The van der Waals surface area contributed by atoms with Gasteiger partial charge in [-0.25, -0.2) is 0 Å². The highest BCUT2D eigenvalue weighted by atomic mass is 32.1. The van der Waals surface area contributed by atoms with Crippen LogP contribution in [0.1, 0.15) is 34.7 Å². The highest BCUT2D eigenvalue weighted by Gasteiger charge is 2.42. The van der Waals surface area contributed by atoms with Crippen molar-refractivity contribution >= 4 is 23.0 Å². The van der Waals surface area contributed by atoms with Crippen molar-refractivity contribution in [2.45, 2.75) is 25.9 Å². The molecule has 1 aromatic carbocycles. The third-order valence-corrected chi connectivity index (χ3v) is 6.23. The molecule has 1 aliphatic rings. The van der Waals surface area contributed by atoms with E-state index in [1.54, 1.807) is 24.5 Å². The van der Waals surface area contributed by atoms with Gasteiger partial charge in [0.15, 0.2) is 5.11 Å². The number of phenols is 1. The normalized spacial score (nSPS) is 18.1. The Kier molecular flexibility index (Phi) is 5.11. The van der Waals surface area contributed by atoms with E-state index in [2.05, 4.69) is 50.7 Å². The molecule has 6 nitrogen and oxygen atoms in total. The summed E-state index contributed by atoms with van der Waals surface area (Å²) < 4.78 is 2.22. The molecule has 4 aromatic rings. The van der Waals surface area contributed by atoms with Gasteiger partial charge in [0.25, 0.3) is 0 Å². The molecule has 32 heavy (non-hydrogen) atoms. The number of pyridine rings is 2. The molecule has 0 radical (unpaired) electrons. The summed E-state index contributed by atoms with van der Waals surface area (Å²) >= 11 is 5.79. The third kappa shape index (κ3) is 3.40. The smallest absolute Gasteiger partial charge is 0.174 e. The summed E-state index contributed by atoms with van der Waals surface area (Å²) in [5, 5.41) is 13.9. The van der Waals surface area contributed by atoms with Crippen molar-refractivity contribution in [2.24, 2.45) is 0 Å². The first-order valence-corrected chi connectivity index (χ1v) is 10.8. The van der Waals surface area contributed by atoms with E-state index in [0.717, 1.165) is 34.0 Å². The Bertz CT molecular complexity index is 1260. The minimum absolute atomic E-state index is 0.112. The van der Waals surface area contributed by atoms with Crippen LogP contribution >= 0.6 is 12.2 Å². The van der Waals surface area contributed by atoms with Gasteiger partial charge in [0.2, 0.25) is 0 Å². The number of hydrogen-bond acceptors (Lipinski definition) is 4. The van der Waals surface area contributed by atoms with Crippen LogP contribution in [0.3, 0.4) is 0 Å². The van der Waals surface area contributed by atoms with E-state index in [1.807, 2.05) is 42.6 Å². The lowest BCUT2D eigenvalue weighted by Gasteiger charge is -2.28. The third-order valence-electron chi connectivity index (χ3n) is 5.92. The lowest BCUT2D eigenvalue weighted by atomic mass is 9.96. The monoisotopic (exact) mass is 441 g/mol. The summed E-state index contributed by atoms with van der Waals surface area (Å²) in [6.07, 6.45) is 5.45. The molecule has 0 saturated carbocycles. The minimum atomic E-state index is -0.125. The van der Waals surface area contributed by atoms with Crippen LogP contribution in [-0.4, -0.2) is 24.8 Å². The average Bonchev–Trinajstić information content (AvgIpc) is 3.31. The molecule has 0 amide bonds. The standard InChI is InChI=1S/C25H23N5OS/c1-16-14-21(17(2)29(16)19-6-5-12-26-15-19)24-23(22-7-3-4-13-27-22)28-25(32)30(24)18-8-10-20(31)11-9-18/h3-15,23-24,31H,1-2H3,(H,28,32)/t23-,24-/m1/s1. The fraction of sp³-hybridized carbons (Fsp3) is 0.160. The Labute approximate surface area is 192 Å². The van der Waals surface area contributed by atoms with Crippen molar-refractivity contribution in [1.29, 1.82) is 0 Å². The lowest BCUT2D eigenvalue weighted by Crippen LogP contribution is -2.29. The molecule has 0 aliphatic carbocycles. The van der Waals surface area contributed by atoms with Crippen molar-refractivity contribution in [1.82, 2.24) is 19.9 Å². The molecule has 1 saturated heterocycles. The van der Waals surface area contributed by atoms with E-state index in [4.69, 9.17) is 12.2 Å². The zero-order valence-corrected chi connectivity index (χ0v) is 18.6. The molecule has 7 heteroatoms. The number of nitrogens with zero attached hydrogens (tertiary/aromatic N) is 4. The van der Waals surface area contributed by atoms with Gasteiger partial charge in [-0.05, 0) is 86.2 Å². The molecule has 1 aliphatic heterocycles. The van der Waals surface area contributed by atoms with Gasteiger partial charge in [0.05, 0.1) is 29.7 Å². The number of thiocarbonyl (C=S) groups is 1.